The zero-order chi connectivity index (χ0) is 13.6. The molecule has 104 valence electrons. The summed E-state index contributed by atoms with van der Waals surface area (Å²) in [5.41, 5.74) is 0. The van der Waals surface area contributed by atoms with Gasteiger partial charge in [0.15, 0.2) is 15.1 Å². The Labute approximate surface area is 120 Å². The molecule has 0 spiro atoms. The molecule has 0 saturated carbocycles. The largest absolute Gasteiger partial charge is 0.279 e. The van der Waals surface area contributed by atoms with E-state index in [1.807, 2.05) is 6.92 Å². The summed E-state index contributed by atoms with van der Waals surface area (Å²) in [4.78, 5) is 4.71. The van der Waals surface area contributed by atoms with Gasteiger partial charge in [-0.15, -0.1) is 11.3 Å². The van der Waals surface area contributed by atoms with E-state index in [9.17, 15) is 8.42 Å². The van der Waals surface area contributed by atoms with Crippen molar-refractivity contribution in [1.29, 1.82) is 0 Å². The van der Waals surface area contributed by atoms with Crippen molar-refractivity contribution in [3.8, 4) is 0 Å². The number of rotatable bonds is 3. The lowest BCUT2D eigenvalue weighted by molar-refractivity contribution is 0.378. The Morgan fingerprint density at radius 3 is 3.11 bits per heavy atom. The van der Waals surface area contributed by atoms with Gasteiger partial charge >= 0.3 is 0 Å². The fourth-order valence-electron chi connectivity index (χ4n) is 2.61. The lowest BCUT2D eigenvalue weighted by Gasteiger charge is -2.22. The molecule has 1 saturated heterocycles. The number of hydrogen-bond acceptors (Lipinski definition) is 4. The van der Waals surface area contributed by atoms with Gasteiger partial charge < -0.3 is 0 Å². The summed E-state index contributed by atoms with van der Waals surface area (Å²) in [6.45, 7) is 2.57. The Balaban J connectivity index is 2.14. The van der Waals surface area contributed by atoms with Gasteiger partial charge in [0.2, 0.25) is 0 Å². The maximum Gasteiger partial charge on any atom is 0.262 e. The van der Waals surface area contributed by atoms with Crippen molar-refractivity contribution in [2.24, 2.45) is 0 Å². The summed E-state index contributed by atoms with van der Waals surface area (Å²) in [6, 6.07) is 0.0743. The molecule has 1 aliphatic heterocycles. The van der Waals surface area contributed by atoms with Crippen LogP contribution in [0.4, 0.5) is 0 Å². The highest BCUT2D eigenvalue weighted by Gasteiger charge is 2.37. The van der Waals surface area contributed by atoms with Crippen molar-refractivity contribution in [2.45, 2.75) is 37.3 Å². The van der Waals surface area contributed by atoms with Crippen LogP contribution >= 0.6 is 22.9 Å². The maximum absolute atomic E-state index is 12.8. The molecule has 2 aromatic heterocycles. The normalized spacial score (nSPS) is 21.5. The van der Waals surface area contributed by atoms with Gasteiger partial charge in [-0.2, -0.15) is 4.31 Å². The average Bonchev–Trinajstić information content (AvgIpc) is 3.01. The summed E-state index contributed by atoms with van der Waals surface area (Å²) in [5.74, 6) is 0. The van der Waals surface area contributed by atoms with Gasteiger partial charge in [0.1, 0.15) is 0 Å². The van der Waals surface area contributed by atoms with Crippen LogP contribution in [0.25, 0.3) is 4.96 Å². The summed E-state index contributed by atoms with van der Waals surface area (Å²) in [7, 11) is -3.58. The van der Waals surface area contributed by atoms with E-state index in [1.54, 1.807) is 20.3 Å². The van der Waals surface area contributed by atoms with Crippen LogP contribution in [-0.4, -0.2) is 34.7 Å². The molecule has 0 radical (unpaired) electrons. The Morgan fingerprint density at radius 2 is 2.37 bits per heavy atom. The minimum Gasteiger partial charge on any atom is -0.279 e. The van der Waals surface area contributed by atoms with E-state index in [0.29, 0.717) is 11.5 Å². The minimum absolute atomic E-state index is 0.0635. The fourth-order valence-corrected chi connectivity index (χ4v) is 5.79. The first-order valence-electron chi connectivity index (χ1n) is 6.18. The summed E-state index contributed by atoms with van der Waals surface area (Å²) in [6.07, 6.45) is 4.34. The molecule has 0 bridgehead atoms. The van der Waals surface area contributed by atoms with Gasteiger partial charge in [0, 0.05) is 24.2 Å². The van der Waals surface area contributed by atoms with E-state index in [0.717, 1.165) is 19.3 Å². The molecule has 0 aliphatic carbocycles. The van der Waals surface area contributed by atoms with Gasteiger partial charge in [-0.05, 0) is 19.3 Å². The van der Waals surface area contributed by atoms with E-state index in [2.05, 4.69) is 4.98 Å². The molecule has 0 aromatic carbocycles. The van der Waals surface area contributed by atoms with Crippen LogP contribution in [-0.2, 0) is 10.0 Å². The second kappa shape index (κ2) is 4.73. The highest BCUT2D eigenvalue weighted by atomic mass is 35.5. The van der Waals surface area contributed by atoms with Crippen LogP contribution in [0.15, 0.2) is 16.6 Å². The number of nitrogens with zero attached hydrogens (tertiary/aromatic N) is 3. The van der Waals surface area contributed by atoms with E-state index >= 15 is 0 Å². The average molecular weight is 320 g/mol. The van der Waals surface area contributed by atoms with E-state index in [4.69, 9.17) is 11.6 Å². The molecule has 1 fully saturated rings. The lowest BCUT2D eigenvalue weighted by atomic mass is 10.2. The highest BCUT2D eigenvalue weighted by Crippen LogP contribution is 2.32. The second-order valence-electron chi connectivity index (χ2n) is 4.58. The van der Waals surface area contributed by atoms with Crippen LogP contribution in [0.3, 0.4) is 0 Å². The molecule has 2 aromatic rings. The van der Waals surface area contributed by atoms with Crippen molar-refractivity contribution < 1.29 is 8.42 Å². The predicted octanol–water partition coefficient (Wildman–Crippen LogP) is 2.61. The molecule has 3 rings (SSSR count). The van der Waals surface area contributed by atoms with Crippen LogP contribution in [0.2, 0.25) is 5.15 Å². The van der Waals surface area contributed by atoms with Crippen molar-refractivity contribution >= 4 is 37.9 Å². The first kappa shape index (κ1) is 13.4. The maximum atomic E-state index is 12.8. The molecule has 8 heteroatoms. The Bertz CT molecular complexity index is 707. The zero-order valence-corrected chi connectivity index (χ0v) is 12.8. The summed E-state index contributed by atoms with van der Waals surface area (Å²) >= 11 is 7.40. The molecule has 0 N–H and O–H groups in total. The molecule has 5 nitrogen and oxygen atoms in total. The number of halogens is 1. The molecule has 19 heavy (non-hydrogen) atoms. The molecular formula is C11H14ClN3O2S2. The number of aromatic nitrogens is 2. The molecule has 1 atom stereocenters. The van der Waals surface area contributed by atoms with Gasteiger partial charge in [0.05, 0.1) is 0 Å². The Hall–Kier alpha value is -0.630. The van der Waals surface area contributed by atoms with Crippen molar-refractivity contribution in [3.05, 3.63) is 16.7 Å². The number of fused-ring (bicyclic) bond motifs is 1. The number of sulfonamides is 1. The number of imidazole rings is 1. The zero-order valence-electron chi connectivity index (χ0n) is 10.4. The third-order valence-corrected chi connectivity index (χ3v) is 6.64. The Morgan fingerprint density at radius 1 is 1.58 bits per heavy atom. The monoisotopic (exact) mass is 319 g/mol. The number of thiazole rings is 1. The van der Waals surface area contributed by atoms with E-state index < -0.39 is 10.0 Å². The predicted molar refractivity (Wildman–Crippen MR) is 75.3 cm³/mol. The standard InChI is InChI=1S/C11H14ClN3O2S2/c1-2-8-4-3-5-15(8)19(16,17)10-9(12)13-11-14(10)6-7-18-11/h6-8H,2-5H2,1H3. The third-order valence-electron chi connectivity index (χ3n) is 3.53. The smallest absolute Gasteiger partial charge is 0.262 e. The number of hydrogen-bond donors (Lipinski definition) is 0. The summed E-state index contributed by atoms with van der Waals surface area (Å²) < 4.78 is 28.7. The first-order valence-corrected chi connectivity index (χ1v) is 8.88. The van der Waals surface area contributed by atoms with E-state index in [1.165, 1.54) is 11.3 Å². The minimum atomic E-state index is -3.58. The first-order chi connectivity index (χ1) is 9.05. The molecule has 3 heterocycles. The van der Waals surface area contributed by atoms with Gasteiger partial charge in [0.25, 0.3) is 10.0 Å². The molecule has 1 aliphatic rings. The van der Waals surface area contributed by atoms with Crippen molar-refractivity contribution in [1.82, 2.24) is 13.7 Å². The Kier molecular flexibility index (Phi) is 3.33. The van der Waals surface area contributed by atoms with Gasteiger partial charge in [-0.25, -0.2) is 13.4 Å². The van der Waals surface area contributed by atoms with Crippen LogP contribution in [0.5, 0.6) is 0 Å². The molecule has 1 unspecified atom stereocenters. The van der Waals surface area contributed by atoms with Crippen molar-refractivity contribution in [2.75, 3.05) is 6.54 Å². The molecular weight excluding hydrogens is 306 g/mol. The second-order valence-corrected chi connectivity index (χ2v) is 7.62. The lowest BCUT2D eigenvalue weighted by Crippen LogP contribution is -2.35. The van der Waals surface area contributed by atoms with Crippen LogP contribution < -0.4 is 0 Å². The van der Waals surface area contributed by atoms with Crippen LogP contribution in [0, 0.1) is 0 Å². The topological polar surface area (TPSA) is 54.7 Å². The van der Waals surface area contributed by atoms with Gasteiger partial charge in [-0.3, -0.25) is 4.40 Å². The van der Waals surface area contributed by atoms with E-state index in [-0.39, 0.29) is 16.2 Å². The van der Waals surface area contributed by atoms with Crippen molar-refractivity contribution in [3.63, 3.8) is 0 Å². The van der Waals surface area contributed by atoms with Crippen LogP contribution in [0.1, 0.15) is 26.2 Å². The van der Waals surface area contributed by atoms with Gasteiger partial charge in [-0.1, -0.05) is 18.5 Å². The fraction of sp³-hybridized carbons (Fsp3) is 0.545. The third kappa shape index (κ3) is 1.99. The molecule has 0 amide bonds. The quantitative estimate of drug-likeness (QED) is 0.874. The summed E-state index contributed by atoms with van der Waals surface area (Å²) in [5, 5.41) is 1.97. The highest BCUT2D eigenvalue weighted by molar-refractivity contribution is 7.89. The SMILES string of the molecule is CCC1CCCN1S(=O)(=O)c1c(Cl)nc2sccn12.